The smallest absolute Gasteiger partial charge is 0.251 e. The van der Waals surface area contributed by atoms with E-state index < -0.39 is 0 Å². The predicted molar refractivity (Wildman–Crippen MR) is 86.1 cm³/mol. The van der Waals surface area contributed by atoms with Crippen molar-refractivity contribution >= 4 is 18.2 Å². The number of benzene rings is 1. The van der Waals surface area contributed by atoms with Gasteiger partial charge in [0, 0.05) is 37.8 Å². The summed E-state index contributed by atoms with van der Waals surface area (Å²) in [5.74, 6) is 0.433. The maximum absolute atomic E-state index is 12.2. The van der Waals surface area contributed by atoms with Crippen LogP contribution in [0, 0.1) is 0 Å². The Balaban J connectivity index is 1.91. The number of rotatable bonds is 6. The van der Waals surface area contributed by atoms with Gasteiger partial charge in [-0.1, -0.05) is 0 Å². The van der Waals surface area contributed by atoms with E-state index in [4.69, 9.17) is 9.47 Å². The van der Waals surface area contributed by atoms with Crippen LogP contribution in [-0.2, 0) is 9.59 Å². The van der Waals surface area contributed by atoms with Crippen molar-refractivity contribution in [3.8, 4) is 11.5 Å². The van der Waals surface area contributed by atoms with Crippen LogP contribution in [0.15, 0.2) is 18.2 Å². The highest BCUT2D eigenvalue weighted by molar-refractivity contribution is 5.97. The Hall–Kier alpha value is -2.77. The lowest BCUT2D eigenvalue weighted by molar-refractivity contribution is -0.134. The average molecular weight is 335 g/mol. The molecule has 130 valence electrons. The Morgan fingerprint density at radius 3 is 2.17 bits per heavy atom. The highest BCUT2D eigenvalue weighted by Crippen LogP contribution is 2.22. The number of hydrogen-bond donors (Lipinski definition) is 1. The molecule has 0 aromatic heterocycles. The summed E-state index contributed by atoms with van der Waals surface area (Å²) in [7, 11) is 3.00. The molecular formula is C16H21N3O5. The number of nitrogens with one attached hydrogen (secondary N) is 1. The van der Waals surface area contributed by atoms with Gasteiger partial charge in [-0.05, 0) is 12.1 Å². The fourth-order valence-corrected chi connectivity index (χ4v) is 2.39. The van der Waals surface area contributed by atoms with Gasteiger partial charge in [0.1, 0.15) is 11.5 Å². The number of carbonyl (C=O) groups excluding carboxylic acids is 3. The van der Waals surface area contributed by atoms with Crippen LogP contribution in [0.4, 0.5) is 0 Å². The lowest BCUT2D eigenvalue weighted by Gasteiger charge is -2.32. The lowest BCUT2D eigenvalue weighted by atomic mass is 10.2. The average Bonchev–Trinajstić information content (AvgIpc) is 2.65. The second-order valence-corrected chi connectivity index (χ2v) is 5.31. The van der Waals surface area contributed by atoms with E-state index in [9.17, 15) is 14.4 Å². The summed E-state index contributed by atoms with van der Waals surface area (Å²) in [5, 5.41) is 2.60. The first-order valence-corrected chi connectivity index (χ1v) is 7.55. The standard InChI is InChI=1S/C16H21N3O5/c1-23-13-7-12(8-14(9-13)24-2)16(22)17-10-15(21)19-5-3-18(11-20)4-6-19/h7-9,11H,3-6,10H2,1-2H3,(H,17,22). The van der Waals surface area contributed by atoms with Crippen LogP contribution in [-0.4, -0.2) is 75.0 Å². The van der Waals surface area contributed by atoms with Crippen LogP contribution in [0.3, 0.4) is 0 Å². The molecule has 1 aliphatic rings. The lowest BCUT2D eigenvalue weighted by Crippen LogP contribution is -2.50. The summed E-state index contributed by atoms with van der Waals surface area (Å²) >= 11 is 0. The quantitative estimate of drug-likeness (QED) is 0.723. The third kappa shape index (κ3) is 4.37. The van der Waals surface area contributed by atoms with E-state index >= 15 is 0 Å². The molecule has 0 atom stereocenters. The van der Waals surface area contributed by atoms with Gasteiger partial charge in [-0.3, -0.25) is 14.4 Å². The van der Waals surface area contributed by atoms with Crippen LogP contribution in [0.2, 0.25) is 0 Å². The van der Waals surface area contributed by atoms with Crippen molar-refractivity contribution in [2.75, 3.05) is 46.9 Å². The molecular weight excluding hydrogens is 314 g/mol. The van der Waals surface area contributed by atoms with Crippen molar-refractivity contribution in [1.82, 2.24) is 15.1 Å². The largest absolute Gasteiger partial charge is 0.497 e. The highest BCUT2D eigenvalue weighted by Gasteiger charge is 2.20. The van der Waals surface area contributed by atoms with E-state index in [2.05, 4.69) is 5.32 Å². The van der Waals surface area contributed by atoms with Gasteiger partial charge in [0.25, 0.3) is 5.91 Å². The number of nitrogens with zero attached hydrogens (tertiary/aromatic N) is 2. The molecule has 2 rings (SSSR count). The molecule has 1 aliphatic heterocycles. The molecule has 0 radical (unpaired) electrons. The van der Waals surface area contributed by atoms with Gasteiger partial charge in [-0.2, -0.15) is 0 Å². The minimum Gasteiger partial charge on any atom is -0.497 e. The van der Waals surface area contributed by atoms with Gasteiger partial charge < -0.3 is 24.6 Å². The van der Waals surface area contributed by atoms with E-state index in [-0.39, 0.29) is 18.4 Å². The fraction of sp³-hybridized carbons (Fsp3) is 0.438. The first-order valence-electron chi connectivity index (χ1n) is 7.55. The number of amides is 3. The molecule has 0 saturated carbocycles. The molecule has 1 aromatic carbocycles. The highest BCUT2D eigenvalue weighted by atomic mass is 16.5. The van der Waals surface area contributed by atoms with E-state index in [1.807, 2.05) is 0 Å². The molecule has 8 heteroatoms. The van der Waals surface area contributed by atoms with Gasteiger partial charge in [-0.25, -0.2) is 0 Å². The number of ether oxygens (including phenoxy) is 2. The van der Waals surface area contributed by atoms with Crippen molar-refractivity contribution in [3.63, 3.8) is 0 Å². The molecule has 24 heavy (non-hydrogen) atoms. The minimum absolute atomic E-state index is 0.0978. The van der Waals surface area contributed by atoms with Crippen LogP contribution in [0.25, 0.3) is 0 Å². The third-order valence-corrected chi connectivity index (χ3v) is 3.83. The molecule has 0 aliphatic carbocycles. The monoisotopic (exact) mass is 335 g/mol. The van der Waals surface area contributed by atoms with Gasteiger partial charge in [0.2, 0.25) is 12.3 Å². The molecule has 1 heterocycles. The molecule has 8 nitrogen and oxygen atoms in total. The summed E-state index contributed by atoms with van der Waals surface area (Å²) in [4.78, 5) is 38.3. The Morgan fingerprint density at radius 2 is 1.67 bits per heavy atom. The SMILES string of the molecule is COc1cc(OC)cc(C(=O)NCC(=O)N2CCN(C=O)CC2)c1. The first-order chi connectivity index (χ1) is 11.6. The van der Waals surface area contributed by atoms with Gasteiger partial charge in [-0.15, -0.1) is 0 Å². The van der Waals surface area contributed by atoms with Crippen molar-refractivity contribution < 1.29 is 23.9 Å². The zero-order chi connectivity index (χ0) is 17.5. The summed E-state index contributed by atoms with van der Waals surface area (Å²) in [6, 6.07) is 4.81. The summed E-state index contributed by atoms with van der Waals surface area (Å²) in [6.45, 7) is 1.87. The molecule has 1 saturated heterocycles. The van der Waals surface area contributed by atoms with E-state index in [1.165, 1.54) is 14.2 Å². The summed E-state index contributed by atoms with van der Waals surface area (Å²) < 4.78 is 10.2. The topological polar surface area (TPSA) is 88.2 Å². The minimum atomic E-state index is -0.382. The second-order valence-electron chi connectivity index (χ2n) is 5.31. The zero-order valence-corrected chi connectivity index (χ0v) is 13.8. The Labute approximate surface area is 140 Å². The number of carbonyl (C=O) groups is 3. The molecule has 1 fully saturated rings. The zero-order valence-electron chi connectivity index (χ0n) is 13.8. The molecule has 0 unspecified atom stereocenters. The maximum Gasteiger partial charge on any atom is 0.251 e. The second kappa shape index (κ2) is 8.19. The van der Waals surface area contributed by atoms with Gasteiger partial charge >= 0.3 is 0 Å². The van der Waals surface area contributed by atoms with E-state index in [0.29, 0.717) is 43.2 Å². The Bertz CT molecular complexity index is 589. The number of methoxy groups -OCH3 is 2. The van der Waals surface area contributed by atoms with Crippen molar-refractivity contribution in [2.45, 2.75) is 0 Å². The van der Waals surface area contributed by atoms with Gasteiger partial charge in [0.15, 0.2) is 0 Å². The molecule has 0 bridgehead atoms. The molecule has 1 aromatic rings. The van der Waals surface area contributed by atoms with Crippen LogP contribution in [0.1, 0.15) is 10.4 Å². The number of piperazine rings is 1. The van der Waals surface area contributed by atoms with Crippen LogP contribution < -0.4 is 14.8 Å². The van der Waals surface area contributed by atoms with Crippen molar-refractivity contribution in [2.24, 2.45) is 0 Å². The van der Waals surface area contributed by atoms with E-state index in [0.717, 1.165) is 6.41 Å². The number of hydrogen-bond acceptors (Lipinski definition) is 5. The molecule has 0 spiro atoms. The fourth-order valence-electron chi connectivity index (χ4n) is 2.39. The van der Waals surface area contributed by atoms with Gasteiger partial charge in [0.05, 0.1) is 20.8 Å². The summed E-state index contributed by atoms with van der Waals surface area (Å²) in [6.07, 6.45) is 0.778. The van der Waals surface area contributed by atoms with Crippen LogP contribution in [0.5, 0.6) is 11.5 Å². The Morgan fingerprint density at radius 1 is 1.08 bits per heavy atom. The molecule has 1 N–H and O–H groups in total. The van der Waals surface area contributed by atoms with Crippen LogP contribution >= 0.6 is 0 Å². The molecule has 3 amide bonds. The normalized spacial score (nSPS) is 14.1. The van der Waals surface area contributed by atoms with E-state index in [1.54, 1.807) is 28.0 Å². The Kier molecular flexibility index (Phi) is 6.00. The maximum atomic E-state index is 12.2. The first kappa shape index (κ1) is 17.6. The summed E-state index contributed by atoms with van der Waals surface area (Å²) in [5.41, 5.74) is 0.352. The predicted octanol–water partition coefficient (Wildman–Crippen LogP) is -0.266. The van der Waals surface area contributed by atoms with Crippen molar-refractivity contribution in [3.05, 3.63) is 23.8 Å². The van der Waals surface area contributed by atoms with Crippen molar-refractivity contribution in [1.29, 1.82) is 0 Å². The third-order valence-electron chi connectivity index (χ3n) is 3.83.